The Labute approximate surface area is 132 Å². The predicted octanol–water partition coefficient (Wildman–Crippen LogP) is 2.45. The summed E-state index contributed by atoms with van der Waals surface area (Å²) in [6.07, 6.45) is 2.48. The van der Waals surface area contributed by atoms with E-state index in [2.05, 4.69) is 27.6 Å². The van der Waals surface area contributed by atoms with Crippen LogP contribution in [0, 0.1) is 12.7 Å². The van der Waals surface area contributed by atoms with E-state index in [0.29, 0.717) is 11.6 Å². The Hall–Kier alpha value is -1.62. The van der Waals surface area contributed by atoms with Crippen molar-refractivity contribution in [1.82, 2.24) is 15.5 Å². The van der Waals surface area contributed by atoms with Gasteiger partial charge in [0.2, 0.25) is 0 Å². The maximum absolute atomic E-state index is 13.7. The Morgan fingerprint density at radius 1 is 1.50 bits per heavy atom. The second-order valence-electron chi connectivity index (χ2n) is 6.10. The first-order chi connectivity index (χ1) is 10.5. The summed E-state index contributed by atoms with van der Waals surface area (Å²) in [4.78, 5) is 6.64. The van der Waals surface area contributed by atoms with Gasteiger partial charge in [-0.25, -0.2) is 4.39 Å². The maximum atomic E-state index is 13.7. The van der Waals surface area contributed by atoms with Crippen molar-refractivity contribution in [1.29, 1.82) is 0 Å². The molecule has 2 rings (SSSR count). The molecule has 0 radical (unpaired) electrons. The van der Waals surface area contributed by atoms with Crippen molar-refractivity contribution in [2.24, 2.45) is 4.99 Å². The second kappa shape index (κ2) is 7.58. The molecule has 1 aromatic rings. The Bertz CT molecular complexity index is 529. The number of likely N-dealkylation sites (tertiary alicyclic amines) is 1. The van der Waals surface area contributed by atoms with Crippen LogP contribution in [0.15, 0.2) is 23.2 Å². The predicted molar refractivity (Wildman–Crippen MR) is 89.7 cm³/mol. The third-order valence-corrected chi connectivity index (χ3v) is 4.45. The second-order valence-corrected chi connectivity index (χ2v) is 6.10. The van der Waals surface area contributed by atoms with Gasteiger partial charge in [-0.2, -0.15) is 0 Å². The Kier molecular flexibility index (Phi) is 5.77. The van der Waals surface area contributed by atoms with E-state index in [1.807, 2.05) is 19.1 Å². The molecular weight excluding hydrogens is 279 g/mol. The number of halogens is 1. The van der Waals surface area contributed by atoms with E-state index in [-0.39, 0.29) is 11.9 Å². The molecule has 2 N–H and O–H groups in total. The molecule has 0 aromatic heterocycles. The monoisotopic (exact) mass is 306 g/mol. The van der Waals surface area contributed by atoms with Crippen LogP contribution in [-0.2, 0) is 0 Å². The molecule has 0 spiro atoms. The van der Waals surface area contributed by atoms with Crippen molar-refractivity contribution in [3.05, 3.63) is 35.1 Å². The van der Waals surface area contributed by atoms with Crippen LogP contribution in [0.2, 0.25) is 0 Å². The molecule has 0 amide bonds. The number of rotatable bonds is 4. The Morgan fingerprint density at radius 3 is 2.86 bits per heavy atom. The lowest BCUT2D eigenvalue weighted by Crippen LogP contribution is -2.44. The quantitative estimate of drug-likeness (QED) is 0.663. The average Bonchev–Trinajstić information content (AvgIpc) is 2.91. The first-order valence-electron chi connectivity index (χ1n) is 7.94. The topological polar surface area (TPSA) is 39.7 Å². The summed E-state index contributed by atoms with van der Waals surface area (Å²) in [6.45, 7) is 5.83. The van der Waals surface area contributed by atoms with Gasteiger partial charge in [-0.1, -0.05) is 12.1 Å². The minimum Gasteiger partial charge on any atom is -0.355 e. The van der Waals surface area contributed by atoms with Gasteiger partial charge in [0, 0.05) is 19.6 Å². The first-order valence-corrected chi connectivity index (χ1v) is 7.94. The number of aliphatic imine (C=N–C) groups is 1. The fraction of sp³-hybridized carbons (Fsp3) is 0.588. The number of aryl methyl sites for hydroxylation is 1. The average molecular weight is 306 g/mol. The van der Waals surface area contributed by atoms with Crippen molar-refractivity contribution in [3.8, 4) is 0 Å². The van der Waals surface area contributed by atoms with Gasteiger partial charge in [0.1, 0.15) is 5.82 Å². The zero-order valence-electron chi connectivity index (χ0n) is 14.0. The van der Waals surface area contributed by atoms with Crippen LogP contribution < -0.4 is 10.6 Å². The van der Waals surface area contributed by atoms with Crippen molar-refractivity contribution in [2.45, 2.75) is 38.8 Å². The van der Waals surface area contributed by atoms with E-state index in [4.69, 9.17) is 0 Å². The molecule has 122 valence electrons. The van der Waals surface area contributed by atoms with Crippen LogP contribution in [0.5, 0.6) is 0 Å². The van der Waals surface area contributed by atoms with Gasteiger partial charge in [-0.15, -0.1) is 0 Å². The SMILES string of the molecule is CN=C(NCC1CCCN1C)NC(C)c1ccc(C)c(F)c1. The van der Waals surface area contributed by atoms with E-state index in [1.165, 1.54) is 12.8 Å². The number of nitrogens with one attached hydrogen (secondary N) is 2. The van der Waals surface area contributed by atoms with Gasteiger partial charge >= 0.3 is 0 Å². The molecule has 5 heteroatoms. The lowest BCUT2D eigenvalue weighted by Gasteiger charge is -2.23. The standard InChI is InChI=1S/C17H27FN4/c1-12-7-8-14(10-16(12)18)13(2)21-17(19-3)20-11-15-6-5-9-22(15)4/h7-8,10,13,15H,5-6,9,11H2,1-4H3,(H2,19,20,21). The van der Waals surface area contributed by atoms with Crippen LogP contribution in [0.4, 0.5) is 4.39 Å². The van der Waals surface area contributed by atoms with Crippen LogP contribution in [0.1, 0.15) is 36.9 Å². The molecule has 1 aliphatic rings. The molecule has 2 atom stereocenters. The fourth-order valence-electron chi connectivity index (χ4n) is 2.81. The number of hydrogen-bond acceptors (Lipinski definition) is 2. The highest BCUT2D eigenvalue weighted by atomic mass is 19.1. The molecule has 0 saturated carbocycles. The number of nitrogens with zero attached hydrogens (tertiary/aromatic N) is 2. The Balaban J connectivity index is 1.90. The first kappa shape index (κ1) is 16.7. The summed E-state index contributed by atoms with van der Waals surface area (Å²) >= 11 is 0. The van der Waals surface area contributed by atoms with E-state index >= 15 is 0 Å². The minimum atomic E-state index is -0.165. The van der Waals surface area contributed by atoms with Crippen LogP contribution >= 0.6 is 0 Å². The van der Waals surface area contributed by atoms with Gasteiger partial charge in [-0.05, 0) is 57.5 Å². The number of likely N-dealkylation sites (N-methyl/N-ethyl adjacent to an activating group) is 1. The van der Waals surface area contributed by atoms with Gasteiger partial charge in [0.25, 0.3) is 0 Å². The molecule has 22 heavy (non-hydrogen) atoms. The normalized spacial score (nSPS) is 21.0. The third kappa shape index (κ3) is 4.19. The van der Waals surface area contributed by atoms with Gasteiger partial charge in [0.05, 0.1) is 6.04 Å². The number of hydrogen-bond donors (Lipinski definition) is 2. The Morgan fingerprint density at radius 2 is 2.27 bits per heavy atom. The van der Waals surface area contributed by atoms with Crippen LogP contribution in [0.3, 0.4) is 0 Å². The molecule has 1 aromatic carbocycles. The summed E-state index contributed by atoms with van der Waals surface area (Å²) in [7, 11) is 3.92. The zero-order valence-corrected chi connectivity index (χ0v) is 14.0. The molecule has 1 fully saturated rings. The molecule has 2 unspecified atom stereocenters. The van der Waals surface area contributed by atoms with E-state index in [0.717, 1.165) is 24.6 Å². The summed E-state index contributed by atoms with van der Waals surface area (Å²) < 4.78 is 13.7. The highest BCUT2D eigenvalue weighted by molar-refractivity contribution is 5.80. The highest BCUT2D eigenvalue weighted by Crippen LogP contribution is 2.16. The van der Waals surface area contributed by atoms with Crippen molar-refractivity contribution < 1.29 is 4.39 Å². The van der Waals surface area contributed by atoms with Gasteiger partial charge in [-0.3, -0.25) is 4.99 Å². The lowest BCUT2D eigenvalue weighted by atomic mass is 10.1. The minimum absolute atomic E-state index is 0.00241. The molecule has 0 aliphatic carbocycles. The lowest BCUT2D eigenvalue weighted by molar-refractivity contribution is 0.309. The largest absolute Gasteiger partial charge is 0.355 e. The van der Waals surface area contributed by atoms with Crippen molar-refractivity contribution in [3.63, 3.8) is 0 Å². The molecule has 1 saturated heterocycles. The summed E-state index contributed by atoms with van der Waals surface area (Å²) in [5.41, 5.74) is 1.59. The highest BCUT2D eigenvalue weighted by Gasteiger charge is 2.21. The molecule has 0 bridgehead atoms. The summed E-state index contributed by atoms with van der Waals surface area (Å²) in [6, 6.07) is 5.92. The van der Waals surface area contributed by atoms with E-state index in [9.17, 15) is 4.39 Å². The molecule has 4 nitrogen and oxygen atoms in total. The number of guanidine groups is 1. The van der Waals surface area contributed by atoms with Crippen molar-refractivity contribution in [2.75, 3.05) is 27.2 Å². The third-order valence-electron chi connectivity index (χ3n) is 4.45. The van der Waals surface area contributed by atoms with E-state index in [1.54, 1.807) is 20.0 Å². The molecular formula is C17H27FN4. The van der Waals surface area contributed by atoms with E-state index < -0.39 is 0 Å². The summed E-state index contributed by atoms with van der Waals surface area (Å²) in [5, 5.41) is 6.69. The zero-order chi connectivity index (χ0) is 16.1. The smallest absolute Gasteiger partial charge is 0.191 e. The fourth-order valence-corrected chi connectivity index (χ4v) is 2.81. The van der Waals surface area contributed by atoms with Crippen LogP contribution in [0.25, 0.3) is 0 Å². The van der Waals surface area contributed by atoms with Gasteiger partial charge in [0.15, 0.2) is 5.96 Å². The van der Waals surface area contributed by atoms with Crippen molar-refractivity contribution >= 4 is 5.96 Å². The van der Waals surface area contributed by atoms with Crippen LogP contribution in [-0.4, -0.2) is 44.1 Å². The van der Waals surface area contributed by atoms with Gasteiger partial charge < -0.3 is 15.5 Å². The molecule has 1 aliphatic heterocycles. The summed E-state index contributed by atoms with van der Waals surface area (Å²) in [5.74, 6) is 0.593. The maximum Gasteiger partial charge on any atom is 0.191 e. The molecule has 1 heterocycles. The number of benzene rings is 1.